The Balaban J connectivity index is 1.69. The predicted octanol–water partition coefficient (Wildman–Crippen LogP) is 3.51. The smallest absolute Gasteiger partial charge is 0.339 e. The Kier molecular flexibility index (Phi) is 9.74. The Hall–Kier alpha value is -4.14. The molecule has 3 aromatic carbocycles. The number of carbonyl (C=O) groups excluding carboxylic acids is 1. The fourth-order valence-electron chi connectivity index (χ4n) is 3.46. The molecule has 3 aromatic rings. The van der Waals surface area contributed by atoms with Crippen molar-refractivity contribution >= 4 is 38.0 Å². The first-order valence-corrected chi connectivity index (χ1v) is 14.9. The molecule has 40 heavy (non-hydrogen) atoms. The molecule has 0 aliphatic carbocycles. The van der Waals surface area contributed by atoms with E-state index in [-0.39, 0.29) is 33.6 Å². The third kappa shape index (κ3) is 8.43. The second kappa shape index (κ2) is 12.8. The summed E-state index contributed by atoms with van der Waals surface area (Å²) in [5.74, 6) is -0.738. The minimum atomic E-state index is -4.27. The Bertz CT molecular complexity index is 1600. The molecule has 212 valence electrons. The van der Waals surface area contributed by atoms with Gasteiger partial charge in [0.25, 0.3) is 11.6 Å². The van der Waals surface area contributed by atoms with Crippen LogP contribution >= 0.6 is 0 Å². The van der Waals surface area contributed by atoms with Gasteiger partial charge in [-0.25, -0.2) is 13.8 Å². The van der Waals surface area contributed by atoms with Gasteiger partial charge < -0.3 is 4.18 Å². The molecule has 0 heterocycles. The summed E-state index contributed by atoms with van der Waals surface area (Å²) >= 11 is 0. The zero-order valence-electron chi connectivity index (χ0n) is 21.8. The van der Waals surface area contributed by atoms with E-state index >= 15 is 0 Å². The van der Waals surface area contributed by atoms with Gasteiger partial charge in [0.1, 0.15) is 16.7 Å². The fraction of sp³-hybridized carbons (Fsp3) is 0.231. The molecular weight excluding hydrogens is 560 g/mol. The number of hydrazone groups is 1. The summed E-state index contributed by atoms with van der Waals surface area (Å²) in [6, 6.07) is 15.2. The maximum absolute atomic E-state index is 12.8. The number of nitrogens with one attached hydrogen (secondary N) is 2. The van der Waals surface area contributed by atoms with Crippen molar-refractivity contribution in [3.05, 3.63) is 94.0 Å². The zero-order valence-corrected chi connectivity index (χ0v) is 23.5. The van der Waals surface area contributed by atoms with Crippen molar-refractivity contribution in [3.8, 4) is 5.75 Å². The summed E-state index contributed by atoms with van der Waals surface area (Å²) in [6.07, 6.45) is 1.46. The van der Waals surface area contributed by atoms with Gasteiger partial charge in [0.15, 0.2) is 0 Å². The first kappa shape index (κ1) is 30.4. The Morgan fingerprint density at radius 3 is 2.23 bits per heavy atom. The Morgan fingerprint density at radius 2 is 1.62 bits per heavy atom. The first-order valence-electron chi connectivity index (χ1n) is 12.0. The lowest BCUT2D eigenvalue weighted by Crippen LogP contribution is -2.46. The number of nitrogens with zero attached hydrogens (tertiary/aromatic N) is 2. The molecule has 3 rings (SSSR count). The molecule has 12 nitrogen and oxygen atoms in total. The Morgan fingerprint density at radius 1 is 1.00 bits per heavy atom. The molecule has 0 saturated heterocycles. The van der Waals surface area contributed by atoms with Crippen molar-refractivity contribution in [3.63, 3.8) is 0 Å². The number of aryl methyl sites for hydroxylation is 1. The lowest BCUT2D eigenvalue weighted by Gasteiger charge is -2.19. The molecule has 0 unspecified atom stereocenters. The van der Waals surface area contributed by atoms with Crippen LogP contribution in [0, 0.1) is 23.0 Å². The summed E-state index contributed by atoms with van der Waals surface area (Å²) in [5, 5.41) is 14.7. The number of non-ortho nitro benzene ring substituents is 1. The molecule has 2 N–H and O–H groups in total. The highest BCUT2D eigenvalue weighted by molar-refractivity contribution is 7.89. The van der Waals surface area contributed by atoms with Crippen LogP contribution in [0.5, 0.6) is 5.75 Å². The molecule has 1 atom stereocenters. The van der Waals surface area contributed by atoms with E-state index in [2.05, 4.69) is 15.2 Å². The molecule has 0 aliphatic rings. The van der Waals surface area contributed by atoms with E-state index in [0.29, 0.717) is 5.56 Å². The second-order valence-electron chi connectivity index (χ2n) is 9.21. The van der Waals surface area contributed by atoms with Crippen molar-refractivity contribution in [2.45, 2.75) is 43.0 Å². The van der Waals surface area contributed by atoms with Gasteiger partial charge in [-0.05, 0) is 61.2 Å². The zero-order chi connectivity index (χ0) is 29.5. The maximum Gasteiger partial charge on any atom is 0.339 e. The van der Waals surface area contributed by atoms with Crippen LogP contribution in [0.15, 0.2) is 87.7 Å². The van der Waals surface area contributed by atoms with Crippen molar-refractivity contribution in [2.75, 3.05) is 0 Å². The molecule has 0 aromatic heterocycles. The van der Waals surface area contributed by atoms with Gasteiger partial charge in [0.05, 0.1) is 16.0 Å². The number of benzene rings is 3. The van der Waals surface area contributed by atoms with Crippen molar-refractivity contribution in [2.24, 2.45) is 11.0 Å². The highest BCUT2D eigenvalue weighted by Gasteiger charge is 2.26. The number of nitro groups is 1. The molecule has 0 aliphatic heterocycles. The quantitative estimate of drug-likeness (QED) is 0.140. The van der Waals surface area contributed by atoms with E-state index in [9.17, 15) is 31.7 Å². The number of carbonyl (C=O) groups is 1. The van der Waals surface area contributed by atoms with Crippen LogP contribution in [0.1, 0.15) is 31.4 Å². The number of hydrogen-bond acceptors (Lipinski definition) is 9. The van der Waals surface area contributed by atoms with Gasteiger partial charge in [0, 0.05) is 12.1 Å². The molecule has 0 saturated carbocycles. The van der Waals surface area contributed by atoms with Crippen molar-refractivity contribution in [1.82, 2.24) is 10.1 Å². The van der Waals surface area contributed by atoms with Crippen LogP contribution in [0.2, 0.25) is 0 Å². The van der Waals surface area contributed by atoms with E-state index < -0.39 is 37.0 Å². The van der Waals surface area contributed by atoms with Crippen LogP contribution < -0.4 is 14.3 Å². The topological polar surface area (TPSA) is 174 Å². The summed E-state index contributed by atoms with van der Waals surface area (Å²) in [6.45, 7) is 5.52. The van der Waals surface area contributed by atoms with E-state index in [1.807, 2.05) is 20.8 Å². The average molecular weight is 589 g/mol. The summed E-state index contributed by atoms with van der Waals surface area (Å²) in [7, 11) is -8.24. The summed E-state index contributed by atoms with van der Waals surface area (Å²) < 4.78 is 58.3. The highest BCUT2D eigenvalue weighted by Crippen LogP contribution is 2.21. The highest BCUT2D eigenvalue weighted by atomic mass is 32.2. The van der Waals surface area contributed by atoms with Crippen LogP contribution in [0.25, 0.3) is 0 Å². The molecular formula is C26H28N4O8S2. The number of rotatable bonds is 12. The standard InChI is InChI=1S/C26H28N4O8S2/c1-18(2)15-25(29-39(34,35)23-11-7-19(3)8-12-23)26(31)28-27-17-20-5-4-6-22(16-20)38-40(36,37)24-13-9-21(10-14-24)30(32)33/h4-14,16-18,25,29H,15H2,1-3H3,(H,28,31)/b27-17-/t25-/m1/s1. The molecule has 0 fully saturated rings. The number of amides is 1. The van der Waals surface area contributed by atoms with E-state index in [0.717, 1.165) is 29.8 Å². The summed E-state index contributed by atoms with van der Waals surface area (Å²) in [5.41, 5.74) is 3.32. The number of sulfonamides is 1. The minimum absolute atomic E-state index is 0.00743. The minimum Gasteiger partial charge on any atom is -0.379 e. The SMILES string of the molecule is Cc1ccc(S(=O)(=O)N[C@H](CC(C)C)C(=O)N/N=C\c2cccc(OS(=O)(=O)c3ccc([N+](=O)[O-])cc3)c2)cc1. The number of hydrogen-bond donors (Lipinski definition) is 2. The monoisotopic (exact) mass is 588 g/mol. The molecule has 14 heteroatoms. The molecule has 0 spiro atoms. The maximum atomic E-state index is 12.8. The lowest BCUT2D eigenvalue weighted by molar-refractivity contribution is -0.384. The Labute approximate surface area is 232 Å². The molecule has 0 bridgehead atoms. The van der Waals surface area contributed by atoms with Gasteiger partial charge in [-0.3, -0.25) is 14.9 Å². The van der Waals surface area contributed by atoms with Crippen LogP contribution in [0.3, 0.4) is 0 Å². The van der Waals surface area contributed by atoms with E-state index in [1.165, 1.54) is 36.5 Å². The van der Waals surface area contributed by atoms with Crippen LogP contribution in [-0.4, -0.2) is 39.9 Å². The van der Waals surface area contributed by atoms with Gasteiger partial charge in [-0.15, -0.1) is 0 Å². The molecule has 1 amide bonds. The fourth-order valence-corrected chi connectivity index (χ4v) is 5.59. The molecule has 0 radical (unpaired) electrons. The van der Waals surface area contributed by atoms with Crippen molar-refractivity contribution in [1.29, 1.82) is 0 Å². The third-order valence-electron chi connectivity index (χ3n) is 5.44. The van der Waals surface area contributed by atoms with E-state index in [1.54, 1.807) is 18.2 Å². The van der Waals surface area contributed by atoms with Crippen LogP contribution in [-0.2, 0) is 24.9 Å². The van der Waals surface area contributed by atoms with Crippen LogP contribution in [0.4, 0.5) is 5.69 Å². The average Bonchev–Trinajstić information content (AvgIpc) is 2.88. The van der Waals surface area contributed by atoms with Gasteiger partial charge in [-0.2, -0.15) is 18.2 Å². The van der Waals surface area contributed by atoms with Crippen molar-refractivity contribution < 1.29 is 30.7 Å². The van der Waals surface area contributed by atoms with Gasteiger partial charge >= 0.3 is 10.1 Å². The summed E-state index contributed by atoms with van der Waals surface area (Å²) in [4.78, 5) is 22.7. The van der Waals surface area contributed by atoms with Gasteiger partial charge in [0.2, 0.25) is 10.0 Å². The third-order valence-corrected chi connectivity index (χ3v) is 8.19. The first-order chi connectivity index (χ1) is 18.8. The lowest BCUT2D eigenvalue weighted by atomic mass is 10.0. The van der Waals surface area contributed by atoms with Gasteiger partial charge in [-0.1, -0.05) is 43.7 Å². The normalized spacial score (nSPS) is 12.8. The number of nitro benzene ring substituents is 1. The van der Waals surface area contributed by atoms with E-state index in [4.69, 9.17) is 4.18 Å². The predicted molar refractivity (Wildman–Crippen MR) is 148 cm³/mol. The largest absolute Gasteiger partial charge is 0.379 e. The second-order valence-corrected chi connectivity index (χ2v) is 12.5.